The van der Waals surface area contributed by atoms with Crippen LogP contribution in [0.25, 0.3) is 0 Å². The van der Waals surface area contributed by atoms with Gasteiger partial charge in [-0.15, -0.1) is 11.8 Å². The first-order valence-electron chi connectivity index (χ1n) is 7.72. The number of amides is 1. The van der Waals surface area contributed by atoms with Crippen molar-refractivity contribution in [3.8, 4) is 0 Å². The molecule has 0 bridgehead atoms. The molecule has 1 saturated carbocycles. The third kappa shape index (κ3) is 7.49. The van der Waals surface area contributed by atoms with Gasteiger partial charge in [-0.05, 0) is 43.0 Å². The van der Waals surface area contributed by atoms with E-state index in [0.717, 1.165) is 30.0 Å². The van der Waals surface area contributed by atoms with Gasteiger partial charge in [-0.1, -0.05) is 59.2 Å². The Morgan fingerprint density at radius 2 is 1.88 bits per heavy atom. The number of hydrogen-bond acceptors (Lipinski definition) is 3. The molecule has 2 atom stereocenters. The zero-order valence-electron chi connectivity index (χ0n) is 12.9. The van der Waals surface area contributed by atoms with E-state index in [-0.39, 0.29) is 12.6 Å². The van der Waals surface area contributed by atoms with Crippen molar-refractivity contribution >= 4 is 64.3 Å². The van der Waals surface area contributed by atoms with E-state index in [0.29, 0.717) is 5.92 Å². The van der Waals surface area contributed by atoms with Gasteiger partial charge in [-0.3, -0.25) is 0 Å². The van der Waals surface area contributed by atoms with E-state index in [2.05, 4.69) is 5.32 Å². The number of benzene rings is 1. The van der Waals surface area contributed by atoms with Crippen LogP contribution >= 0.6 is 58.2 Å². The maximum absolute atomic E-state index is 11.9. The number of alkyl carbamates (subject to hydrolysis) is 1. The minimum atomic E-state index is -1.59. The van der Waals surface area contributed by atoms with Gasteiger partial charge < -0.3 is 10.1 Å². The first-order valence-corrected chi connectivity index (χ1v) is 10.2. The van der Waals surface area contributed by atoms with Crippen LogP contribution in [-0.2, 0) is 4.74 Å². The van der Waals surface area contributed by atoms with Gasteiger partial charge in [0, 0.05) is 21.7 Å². The first-order chi connectivity index (χ1) is 11.3. The number of ether oxygens (including phenoxy) is 1. The fraction of sp³-hybridized carbons (Fsp3) is 0.562. The Kier molecular flexibility index (Phi) is 8.15. The molecule has 8 heteroatoms. The number of rotatable bonds is 5. The van der Waals surface area contributed by atoms with Crippen LogP contribution in [0, 0.1) is 5.92 Å². The van der Waals surface area contributed by atoms with Gasteiger partial charge in [-0.2, -0.15) is 0 Å². The Balaban J connectivity index is 1.83. The molecule has 1 aliphatic carbocycles. The summed E-state index contributed by atoms with van der Waals surface area (Å²) in [4.78, 5) is 13.1. The quantitative estimate of drug-likeness (QED) is 0.453. The second-order valence-electron chi connectivity index (χ2n) is 5.75. The molecule has 1 amide bonds. The van der Waals surface area contributed by atoms with Crippen molar-refractivity contribution in [2.24, 2.45) is 5.92 Å². The molecule has 1 aliphatic rings. The van der Waals surface area contributed by atoms with E-state index >= 15 is 0 Å². The molecule has 1 aromatic rings. The molecule has 134 valence electrons. The summed E-state index contributed by atoms with van der Waals surface area (Å²) >= 11 is 24.4. The topological polar surface area (TPSA) is 38.3 Å². The Morgan fingerprint density at radius 1 is 1.21 bits per heavy atom. The second-order valence-corrected chi connectivity index (χ2v) is 9.80. The van der Waals surface area contributed by atoms with E-state index < -0.39 is 9.89 Å². The Labute approximate surface area is 166 Å². The average Bonchev–Trinajstić information content (AvgIpc) is 2.53. The monoisotopic (exact) mass is 429 g/mol. The molecule has 1 fully saturated rings. The van der Waals surface area contributed by atoms with Gasteiger partial charge in [-0.25, -0.2) is 4.79 Å². The summed E-state index contributed by atoms with van der Waals surface area (Å²) in [6.07, 6.45) is 3.75. The van der Waals surface area contributed by atoms with Gasteiger partial charge in [0.2, 0.25) is 3.79 Å². The van der Waals surface area contributed by atoms with Crippen LogP contribution in [-0.4, -0.2) is 28.3 Å². The van der Waals surface area contributed by atoms with Gasteiger partial charge in [0.25, 0.3) is 0 Å². The van der Waals surface area contributed by atoms with Gasteiger partial charge in [0.1, 0.15) is 6.61 Å². The Hall–Kier alpha value is -0.000000000000000111. The highest BCUT2D eigenvalue weighted by atomic mass is 35.6. The standard InChI is InChI=1S/C16H19Cl4NO2S/c17-12-5-7-13(8-6-12)24-9-11-3-1-2-4-14(11)21-15(22)23-10-16(18,19)20/h5-8,11,14H,1-4,9-10H2,(H,21,22)/t11-,14-/m0/s1. The van der Waals surface area contributed by atoms with Gasteiger partial charge in [0.15, 0.2) is 0 Å². The van der Waals surface area contributed by atoms with Crippen LogP contribution in [0.1, 0.15) is 25.7 Å². The maximum Gasteiger partial charge on any atom is 0.407 e. The minimum absolute atomic E-state index is 0.0847. The fourth-order valence-corrected chi connectivity index (χ4v) is 4.10. The molecular formula is C16H19Cl4NO2S. The number of alkyl halides is 3. The van der Waals surface area contributed by atoms with Crippen molar-refractivity contribution in [3.63, 3.8) is 0 Å². The highest BCUT2D eigenvalue weighted by Crippen LogP contribution is 2.31. The third-order valence-electron chi connectivity index (χ3n) is 3.86. The van der Waals surface area contributed by atoms with Crippen molar-refractivity contribution < 1.29 is 9.53 Å². The van der Waals surface area contributed by atoms with E-state index in [1.165, 1.54) is 11.3 Å². The van der Waals surface area contributed by atoms with Crippen LogP contribution in [0.2, 0.25) is 5.02 Å². The lowest BCUT2D eigenvalue weighted by molar-refractivity contribution is 0.136. The van der Waals surface area contributed by atoms with Crippen molar-refractivity contribution in [1.82, 2.24) is 5.32 Å². The highest BCUT2D eigenvalue weighted by molar-refractivity contribution is 7.99. The second kappa shape index (κ2) is 9.63. The normalized spacial score (nSPS) is 21.3. The molecule has 1 aromatic carbocycles. The number of halogens is 4. The van der Waals surface area contributed by atoms with E-state index in [1.54, 1.807) is 11.8 Å². The van der Waals surface area contributed by atoms with E-state index in [1.807, 2.05) is 24.3 Å². The number of hydrogen-bond donors (Lipinski definition) is 1. The summed E-state index contributed by atoms with van der Waals surface area (Å²) in [5.74, 6) is 1.32. The Morgan fingerprint density at radius 3 is 2.54 bits per heavy atom. The molecule has 0 spiro atoms. The predicted molar refractivity (Wildman–Crippen MR) is 103 cm³/mol. The fourth-order valence-electron chi connectivity index (χ4n) is 2.67. The van der Waals surface area contributed by atoms with Crippen LogP contribution < -0.4 is 5.32 Å². The summed E-state index contributed by atoms with van der Waals surface area (Å²) in [6, 6.07) is 7.87. The smallest absolute Gasteiger partial charge is 0.407 e. The van der Waals surface area contributed by atoms with Gasteiger partial charge >= 0.3 is 6.09 Å². The molecule has 2 rings (SSSR count). The summed E-state index contributed by atoms with van der Waals surface area (Å²) in [5, 5.41) is 3.65. The van der Waals surface area contributed by atoms with Crippen molar-refractivity contribution in [1.29, 1.82) is 0 Å². The average molecular weight is 431 g/mol. The molecule has 0 aromatic heterocycles. The van der Waals surface area contributed by atoms with Gasteiger partial charge in [0.05, 0.1) is 0 Å². The summed E-state index contributed by atoms with van der Waals surface area (Å²) < 4.78 is 3.38. The van der Waals surface area contributed by atoms with Crippen molar-refractivity contribution in [3.05, 3.63) is 29.3 Å². The Bertz CT molecular complexity index is 536. The number of thioether (sulfide) groups is 1. The molecule has 1 N–H and O–H groups in total. The molecule has 0 heterocycles. The van der Waals surface area contributed by atoms with Crippen LogP contribution in [0.4, 0.5) is 4.79 Å². The minimum Gasteiger partial charge on any atom is -0.445 e. The third-order valence-corrected chi connectivity index (χ3v) is 5.64. The molecule has 3 nitrogen and oxygen atoms in total. The lowest BCUT2D eigenvalue weighted by atomic mass is 9.86. The first kappa shape index (κ1) is 20.3. The van der Waals surface area contributed by atoms with E-state index in [4.69, 9.17) is 51.1 Å². The largest absolute Gasteiger partial charge is 0.445 e. The molecule has 0 unspecified atom stereocenters. The number of carbonyl (C=O) groups excluding carboxylic acids is 1. The SMILES string of the molecule is O=C(N[C@H]1CCCC[C@H]1CSc1ccc(Cl)cc1)OCC(Cl)(Cl)Cl. The lowest BCUT2D eigenvalue weighted by Crippen LogP contribution is -2.43. The lowest BCUT2D eigenvalue weighted by Gasteiger charge is -2.31. The van der Waals surface area contributed by atoms with Crippen LogP contribution in [0.5, 0.6) is 0 Å². The molecule has 0 radical (unpaired) electrons. The van der Waals surface area contributed by atoms with E-state index in [9.17, 15) is 4.79 Å². The number of carbonyl (C=O) groups is 1. The highest BCUT2D eigenvalue weighted by Gasteiger charge is 2.28. The molecule has 0 aliphatic heterocycles. The molecule has 24 heavy (non-hydrogen) atoms. The zero-order chi connectivity index (χ0) is 17.6. The van der Waals surface area contributed by atoms with Crippen LogP contribution in [0.15, 0.2) is 29.2 Å². The molecular weight excluding hydrogens is 412 g/mol. The summed E-state index contributed by atoms with van der Waals surface area (Å²) in [6.45, 7) is -0.263. The summed E-state index contributed by atoms with van der Waals surface area (Å²) in [7, 11) is 0. The molecule has 0 saturated heterocycles. The predicted octanol–water partition coefficient (Wildman–Crippen LogP) is 6.09. The maximum atomic E-state index is 11.9. The summed E-state index contributed by atoms with van der Waals surface area (Å²) in [5.41, 5.74) is 0. The number of nitrogens with one attached hydrogen (secondary N) is 1. The zero-order valence-corrected chi connectivity index (χ0v) is 16.8. The van der Waals surface area contributed by atoms with Crippen LogP contribution in [0.3, 0.4) is 0 Å². The van der Waals surface area contributed by atoms with Crippen molar-refractivity contribution in [2.75, 3.05) is 12.4 Å². The van der Waals surface area contributed by atoms with Crippen molar-refractivity contribution in [2.45, 2.75) is 40.4 Å².